The Morgan fingerprint density at radius 2 is 1.71 bits per heavy atom. The number of rotatable bonds is 1. The second-order valence-electron chi connectivity index (χ2n) is 3.54. The number of nitrogens with one attached hydrogen (secondary N) is 1. The third-order valence-electron chi connectivity index (χ3n) is 1.94. The molecule has 6 heteroatoms. The van der Waals surface area contributed by atoms with Crippen LogP contribution in [-0.2, 0) is 0 Å². The van der Waals surface area contributed by atoms with Crippen LogP contribution in [0.2, 0.25) is 0 Å². The first-order valence-corrected chi connectivity index (χ1v) is 5.93. The topological polar surface area (TPSA) is 39.5 Å². The summed E-state index contributed by atoms with van der Waals surface area (Å²) in [5.74, 6) is 0.261. The molecule has 1 N–H and O–H groups in total. The molecule has 0 unspecified atom stereocenters. The van der Waals surface area contributed by atoms with Crippen molar-refractivity contribution in [3.63, 3.8) is 0 Å². The van der Waals surface area contributed by atoms with Gasteiger partial charge in [0.1, 0.15) is 5.84 Å². The second kappa shape index (κ2) is 5.71. The highest BCUT2D eigenvalue weighted by Gasteiger charge is 2.27. The summed E-state index contributed by atoms with van der Waals surface area (Å²) in [5.41, 5.74) is 0.858. The Bertz CT molecular complexity index is 421. The summed E-state index contributed by atoms with van der Waals surface area (Å²) in [6.45, 7) is 0. The van der Waals surface area contributed by atoms with Crippen molar-refractivity contribution in [1.82, 2.24) is 4.90 Å². The normalized spacial score (nSPS) is 12.4. The fourth-order valence-corrected chi connectivity index (χ4v) is 1.31. The van der Waals surface area contributed by atoms with Gasteiger partial charge in [0.15, 0.2) is 5.84 Å². The van der Waals surface area contributed by atoms with Crippen molar-refractivity contribution in [2.24, 2.45) is 4.99 Å². The molecule has 1 aromatic carbocycles. The quantitative estimate of drug-likeness (QED) is 0.481. The Balaban J connectivity index is 3.12. The van der Waals surface area contributed by atoms with Gasteiger partial charge in [-0.25, -0.2) is 4.99 Å². The number of hydrogen-bond acceptors (Lipinski definition) is 1. The van der Waals surface area contributed by atoms with Crippen LogP contribution >= 0.6 is 34.8 Å². The van der Waals surface area contributed by atoms with Crippen molar-refractivity contribution in [2.75, 3.05) is 14.1 Å². The maximum absolute atomic E-state index is 7.60. The van der Waals surface area contributed by atoms with Gasteiger partial charge < -0.3 is 4.90 Å². The molecule has 92 valence electrons. The third kappa shape index (κ3) is 4.19. The number of aliphatic imine (C=N–C) groups is 1. The van der Waals surface area contributed by atoms with Crippen LogP contribution in [0.25, 0.3) is 0 Å². The van der Waals surface area contributed by atoms with E-state index >= 15 is 0 Å². The standard InChI is InChI=1S/C11H12Cl3N3/c1-17(2)9(8-6-4-3-5-7-8)16-10(15)11(12,13)14/h3-7,15H,1-2H3. The summed E-state index contributed by atoms with van der Waals surface area (Å²) in [4.78, 5) is 5.81. The van der Waals surface area contributed by atoms with Crippen LogP contribution in [0.15, 0.2) is 35.3 Å². The van der Waals surface area contributed by atoms with Crippen LogP contribution in [0.3, 0.4) is 0 Å². The minimum Gasteiger partial charge on any atom is -0.362 e. The van der Waals surface area contributed by atoms with Gasteiger partial charge in [-0.05, 0) is 0 Å². The van der Waals surface area contributed by atoms with Crippen LogP contribution in [0, 0.1) is 5.41 Å². The molecule has 0 aliphatic carbocycles. The molecule has 0 heterocycles. The summed E-state index contributed by atoms with van der Waals surface area (Å²) in [7, 11) is 3.63. The summed E-state index contributed by atoms with van der Waals surface area (Å²) >= 11 is 16.8. The van der Waals surface area contributed by atoms with Gasteiger partial charge in [-0.1, -0.05) is 65.1 Å². The molecule has 0 saturated heterocycles. The van der Waals surface area contributed by atoms with E-state index in [1.165, 1.54) is 0 Å². The lowest BCUT2D eigenvalue weighted by molar-refractivity contribution is 0.624. The van der Waals surface area contributed by atoms with Gasteiger partial charge in [0.05, 0.1) is 0 Å². The Hall–Kier alpha value is -0.770. The van der Waals surface area contributed by atoms with E-state index in [4.69, 9.17) is 40.2 Å². The molecule has 17 heavy (non-hydrogen) atoms. The lowest BCUT2D eigenvalue weighted by Gasteiger charge is -2.17. The zero-order chi connectivity index (χ0) is 13.1. The number of alkyl halides is 3. The maximum Gasteiger partial charge on any atom is 0.249 e. The molecule has 1 rings (SSSR count). The van der Waals surface area contributed by atoms with E-state index in [-0.39, 0.29) is 5.84 Å². The molecule has 0 spiro atoms. The summed E-state index contributed by atoms with van der Waals surface area (Å²) in [5, 5.41) is 7.60. The van der Waals surface area contributed by atoms with E-state index in [1.807, 2.05) is 44.4 Å². The zero-order valence-electron chi connectivity index (χ0n) is 9.42. The SMILES string of the molecule is CN(C)C(=NC(=N)C(Cl)(Cl)Cl)c1ccccc1. The molecule has 0 aromatic heterocycles. The van der Waals surface area contributed by atoms with Crippen molar-refractivity contribution in [3.8, 4) is 0 Å². The van der Waals surface area contributed by atoms with Gasteiger partial charge >= 0.3 is 0 Å². The molecular weight excluding hydrogens is 281 g/mol. The molecule has 0 aliphatic heterocycles. The molecule has 0 fully saturated rings. The summed E-state index contributed by atoms with van der Waals surface area (Å²) < 4.78 is -1.81. The largest absolute Gasteiger partial charge is 0.362 e. The van der Waals surface area contributed by atoms with Crippen LogP contribution in [0.5, 0.6) is 0 Å². The fourth-order valence-electron chi connectivity index (χ4n) is 1.18. The minimum atomic E-state index is -1.81. The Kier molecular flexibility index (Phi) is 4.80. The summed E-state index contributed by atoms with van der Waals surface area (Å²) in [6, 6.07) is 9.42. The zero-order valence-corrected chi connectivity index (χ0v) is 11.7. The van der Waals surface area contributed by atoms with E-state index in [0.717, 1.165) is 5.56 Å². The molecule has 0 amide bonds. The van der Waals surface area contributed by atoms with Gasteiger partial charge in [-0.15, -0.1) is 0 Å². The van der Waals surface area contributed by atoms with Crippen molar-refractivity contribution in [2.45, 2.75) is 3.79 Å². The predicted octanol–water partition coefficient (Wildman–Crippen LogP) is 3.34. The maximum atomic E-state index is 7.60. The van der Waals surface area contributed by atoms with E-state index in [2.05, 4.69) is 4.99 Å². The Morgan fingerprint density at radius 3 is 2.12 bits per heavy atom. The molecule has 0 radical (unpaired) electrons. The van der Waals surface area contributed by atoms with Crippen LogP contribution in [0.4, 0.5) is 0 Å². The number of hydrogen-bond donors (Lipinski definition) is 1. The molecule has 0 bridgehead atoms. The van der Waals surface area contributed by atoms with Crippen molar-refractivity contribution in [1.29, 1.82) is 5.41 Å². The smallest absolute Gasteiger partial charge is 0.249 e. The lowest BCUT2D eigenvalue weighted by Crippen LogP contribution is -2.27. The molecule has 1 aromatic rings. The van der Waals surface area contributed by atoms with Gasteiger partial charge in [0.25, 0.3) is 0 Å². The van der Waals surface area contributed by atoms with Crippen molar-refractivity contribution >= 4 is 46.5 Å². The first-order valence-electron chi connectivity index (χ1n) is 4.79. The van der Waals surface area contributed by atoms with Gasteiger partial charge in [-0.3, -0.25) is 5.41 Å². The monoisotopic (exact) mass is 291 g/mol. The number of nitrogens with zero attached hydrogens (tertiary/aromatic N) is 2. The molecule has 0 saturated carbocycles. The molecule has 3 nitrogen and oxygen atoms in total. The lowest BCUT2D eigenvalue weighted by atomic mass is 10.2. The highest BCUT2D eigenvalue weighted by Crippen LogP contribution is 2.28. The van der Waals surface area contributed by atoms with Crippen molar-refractivity contribution in [3.05, 3.63) is 35.9 Å². The average Bonchev–Trinajstić information content (AvgIpc) is 2.25. The van der Waals surface area contributed by atoms with E-state index in [9.17, 15) is 0 Å². The molecular formula is C11H12Cl3N3. The van der Waals surface area contributed by atoms with E-state index < -0.39 is 3.79 Å². The highest BCUT2D eigenvalue weighted by molar-refractivity contribution is 6.76. The minimum absolute atomic E-state index is 0.310. The molecule has 0 atom stereocenters. The number of amidine groups is 2. The van der Waals surface area contributed by atoms with Gasteiger partial charge in [-0.2, -0.15) is 0 Å². The van der Waals surface area contributed by atoms with Crippen molar-refractivity contribution < 1.29 is 0 Å². The predicted molar refractivity (Wildman–Crippen MR) is 74.7 cm³/mol. The first-order chi connectivity index (χ1) is 7.82. The number of halogens is 3. The number of benzene rings is 1. The fraction of sp³-hybridized carbons (Fsp3) is 0.273. The summed E-state index contributed by atoms with van der Waals surface area (Å²) in [6.07, 6.45) is 0. The Labute approximate surface area is 116 Å². The van der Waals surface area contributed by atoms with E-state index in [1.54, 1.807) is 4.90 Å². The second-order valence-corrected chi connectivity index (χ2v) is 5.82. The van der Waals surface area contributed by atoms with Crippen LogP contribution < -0.4 is 0 Å². The highest BCUT2D eigenvalue weighted by atomic mass is 35.6. The molecule has 0 aliphatic rings. The van der Waals surface area contributed by atoms with Crippen LogP contribution in [-0.4, -0.2) is 34.5 Å². The third-order valence-corrected chi connectivity index (χ3v) is 2.48. The Morgan fingerprint density at radius 1 is 1.18 bits per heavy atom. The van der Waals surface area contributed by atoms with Gasteiger partial charge in [0.2, 0.25) is 3.79 Å². The van der Waals surface area contributed by atoms with Crippen LogP contribution in [0.1, 0.15) is 5.56 Å². The van der Waals surface area contributed by atoms with E-state index in [0.29, 0.717) is 5.84 Å². The first kappa shape index (κ1) is 14.3. The average molecular weight is 293 g/mol. The van der Waals surface area contributed by atoms with Gasteiger partial charge in [0, 0.05) is 19.7 Å².